The maximum absolute atomic E-state index is 6.02. The minimum atomic E-state index is 0.283. The molecule has 19 heavy (non-hydrogen) atoms. The number of rotatable bonds is 3. The van der Waals surface area contributed by atoms with Crippen LogP contribution in [0.15, 0.2) is 18.2 Å². The van der Waals surface area contributed by atoms with Crippen LogP contribution in [0.4, 0.5) is 0 Å². The summed E-state index contributed by atoms with van der Waals surface area (Å²) in [6.07, 6.45) is 4.30. The van der Waals surface area contributed by atoms with Gasteiger partial charge in [0.1, 0.15) is 11.9 Å². The number of fused-ring (bicyclic) bond motifs is 1. The van der Waals surface area contributed by atoms with Crippen LogP contribution in [0.25, 0.3) is 0 Å². The zero-order chi connectivity index (χ0) is 13.4. The third-order valence-corrected chi connectivity index (χ3v) is 4.23. The summed E-state index contributed by atoms with van der Waals surface area (Å²) < 4.78 is 11.8. The van der Waals surface area contributed by atoms with E-state index < -0.39 is 0 Å². The maximum atomic E-state index is 6.02. The molecular weight excluding hydrogens is 238 g/mol. The molecule has 0 saturated carbocycles. The Labute approximate surface area is 115 Å². The van der Waals surface area contributed by atoms with Crippen LogP contribution in [0.2, 0.25) is 0 Å². The molecule has 0 bridgehead atoms. The molecule has 3 rings (SSSR count). The first-order chi connectivity index (χ1) is 9.17. The van der Waals surface area contributed by atoms with Crippen LogP contribution in [0.1, 0.15) is 43.9 Å². The molecule has 0 aromatic heterocycles. The minimum absolute atomic E-state index is 0.283. The number of hydrogen-bond acceptors (Lipinski definition) is 3. The van der Waals surface area contributed by atoms with E-state index in [2.05, 4.69) is 37.4 Å². The predicted octanol–water partition coefficient (Wildman–Crippen LogP) is 2.84. The van der Waals surface area contributed by atoms with Crippen LogP contribution in [-0.4, -0.2) is 25.4 Å². The Kier molecular flexibility index (Phi) is 3.50. The van der Waals surface area contributed by atoms with Crippen molar-refractivity contribution in [2.24, 2.45) is 0 Å². The van der Waals surface area contributed by atoms with Gasteiger partial charge in [-0.1, -0.05) is 12.1 Å². The number of nitrogens with one attached hydrogen (secondary N) is 1. The molecule has 1 saturated heterocycles. The molecule has 4 unspecified atom stereocenters. The van der Waals surface area contributed by atoms with Crippen molar-refractivity contribution in [3.05, 3.63) is 29.3 Å². The third kappa shape index (κ3) is 2.49. The van der Waals surface area contributed by atoms with Gasteiger partial charge in [-0.3, -0.25) is 0 Å². The molecule has 0 spiro atoms. The first kappa shape index (κ1) is 12.9. The molecule has 0 amide bonds. The van der Waals surface area contributed by atoms with Gasteiger partial charge in [-0.2, -0.15) is 0 Å². The maximum Gasteiger partial charge on any atom is 0.123 e. The normalized spacial score (nSPS) is 31.0. The summed E-state index contributed by atoms with van der Waals surface area (Å²) >= 11 is 0. The fourth-order valence-corrected chi connectivity index (χ4v) is 3.28. The van der Waals surface area contributed by atoms with Crippen molar-refractivity contribution >= 4 is 0 Å². The lowest BCUT2D eigenvalue weighted by Crippen LogP contribution is -2.29. The molecule has 2 aliphatic rings. The molecule has 2 heterocycles. The topological polar surface area (TPSA) is 30.5 Å². The highest BCUT2D eigenvalue weighted by atomic mass is 16.5. The second kappa shape index (κ2) is 5.14. The van der Waals surface area contributed by atoms with Crippen LogP contribution in [0.3, 0.4) is 0 Å². The number of hydrogen-bond donors (Lipinski definition) is 1. The largest absolute Gasteiger partial charge is 0.490 e. The Morgan fingerprint density at radius 1 is 1.21 bits per heavy atom. The van der Waals surface area contributed by atoms with Crippen molar-refractivity contribution in [1.29, 1.82) is 0 Å². The fourth-order valence-electron chi connectivity index (χ4n) is 3.28. The zero-order valence-corrected chi connectivity index (χ0v) is 12.0. The second-order valence-corrected chi connectivity index (χ2v) is 5.83. The summed E-state index contributed by atoms with van der Waals surface area (Å²) in [7, 11) is 2.02. The van der Waals surface area contributed by atoms with Crippen molar-refractivity contribution in [2.75, 3.05) is 7.05 Å². The number of benzene rings is 1. The lowest BCUT2D eigenvalue weighted by Gasteiger charge is -2.24. The van der Waals surface area contributed by atoms with Crippen LogP contribution in [0.5, 0.6) is 5.75 Å². The van der Waals surface area contributed by atoms with Gasteiger partial charge in [0.2, 0.25) is 0 Å². The SMILES string of the molecule is CNC(c1ccc2c(c1)CC(C)O2)C1CCC(C)O1. The standard InChI is InChI=1S/C16H23NO2/c1-10-4-6-15(18-10)16(17-3)12-5-7-14-13(9-12)8-11(2)19-14/h5,7,9-11,15-17H,4,6,8H2,1-3H3. The van der Waals surface area contributed by atoms with Gasteiger partial charge in [-0.15, -0.1) is 0 Å². The van der Waals surface area contributed by atoms with Crippen molar-refractivity contribution in [2.45, 2.75) is 57.5 Å². The van der Waals surface area contributed by atoms with Gasteiger partial charge < -0.3 is 14.8 Å². The molecule has 4 atom stereocenters. The van der Waals surface area contributed by atoms with E-state index in [1.54, 1.807) is 0 Å². The third-order valence-electron chi connectivity index (χ3n) is 4.23. The van der Waals surface area contributed by atoms with Crippen LogP contribution in [0, 0.1) is 0 Å². The zero-order valence-electron chi connectivity index (χ0n) is 12.0. The Balaban J connectivity index is 1.82. The summed E-state index contributed by atoms with van der Waals surface area (Å²) in [5, 5.41) is 3.42. The average Bonchev–Trinajstić information content (AvgIpc) is 2.95. The first-order valence-corrected chi connectivity index (χ1v) is 7.29. The van der Waals surface area contributed by atoms with Gasteiger partial charge in [-0.05, 0) is 50.9 Å². The molecule has 2 aliphatic heterocycles. The second-order valence-electron chi connectivity index (χ2n) is 5.83. The van der Waals surface area contributed by atoms with Crippen molar-refractivity contribution < 1.29 is 9.47 Å². The molecule has 1 N–H and O–H groups in total. The lowest BCUT2D eigenvalue weighted by atomic mass is 9.96. The van der Waals surface area contributed by atoms with E-state index in [1.165, 1.54) is 11.1 Å². The molecular formula is C16H23NO2. The van der Waals surface area contributed by atoms with E-state index in [4.69, 9.17) is 9.47 Å². The molecule has 3 heteroatoms. The van der Waals surface area contributed by atoms with Crippen LogP contribution >= 0.6 is 0 Å². The van der Waals surface area contributed by atoms with Crippen LogP contribution < -0.4 is 10.1 Å². The Hall–Kier alpha value is -1.06. The Bertz CT molecular complexity index is 460. The summed E-state index contributed by atoms with van der Waals surface area (Å²) in [6, 6.07) is 6.85. The number of ether oxygens (including phenoxy) is 2. The molecule has 104 valence electrons. The van der Waals surface area contributed by atoms with Crippen LogP contribution in [-0.2, 0) is 11.2 Å². The monoisotopic (exact) mass is 261 g/mol. The van der Waals surface area contributed by atoms with E-state index >= 15 is 0 Å². The Morgan fingerprint density at radius 3 is 2.74 bits per heavy atom. The summed E-state index contributed by atoms with van der Waals surface area (Å²) in [5.74, 6) is 1.05. The highest BCUT2D eigenvalue weighted by molar-refractivity contribution is 5.41. The first-order valence-electron chi connectivity index (χ1n) is 7.29. The summed E-state index contributed by atoms with van der Waals surface area (Å²) in [5.41, 5.74) is 2.65. The van der Waals surface area contributed by atoms with Gasteiger partial charge in [0.05, 0.1) is 18.2 Å². The van der Waals surface area contributed by atoms with E-state index in [9.17, 15) is 0 Å². The average molecular weight is 261 g/mol. The molecule has 3 nitrogen and oxygen atoms in total. The van der Waals surface area contributed by atoms with E-state index in [-0.39, 0.29) is 12.1 Å². The Morgan fingerprint density at radius 2 is 2.05 bits per heavy atom. The van der Waals surface area contributed by atoms with E-state index in [0.717, 1.165) is 25.0 Å². The van der Waals surface area contributed by atoms with Crippen molar-refractivity contribution in [1.82, 2.24) is 5.32 Å². The molecule has 1 aromatic carbocycles. The van der Waals surface area contributed by atoms with Gasteiger partial charge in [0.15, 0.2) is 0 Å². The summed E-state index contributed by atoms with van der Waals surface area (Å²) in [4.78, 5) is 0. The van der Waals surface area contributed by atoms with Gasteiger partial charge in [0, 0.05) is 6.42 Å². The highest BCUT2D eigenvalue weighted by Gasteiger charge is 2.30. The molecule has 1 aromatic rings. The quantitative estimate of drug-likeness (QED) is 0.907. The van der Waals surface area contributed by atoms with Gasteiger partial charge >= 0.3 is 0 Å². The smallest absolute Gasteiger partial charge is 0.123 e. The lowest BCUT2D eigenvalue weighted by molar-refractivity contribution is 0.0333. The van der Waals surface area contributed by atoms with Gasteiger partial charge in [0.25, 0.3) is 0 Å². The molecule has 0 aliphatic carbocycles. The van der Waals surface area contributed by atoms with E-state index in [0.29, 0.717) is 12.2 Å². The highest BCUT2D eigenvalue weighted by Crippen LogP contribution is 2.34. The minimum Gasteiger partial charge on any atom is -0.490 e. The van der Waals surface area contributed by atoms with Crippen molar-refractivity contribution in [3.8, 4) is 5.75 Å². The predicted molar refractivity (Wildman–Crippen MR) is 75.6 cm³/mol. The fraction of sp³-hybridized carbons (Fsp3) is 0.625. The summed E-state index contributed by atoms with van der Waals surface area (Å²) in [6.45, 7) is 4.28. The van der Waals surface area contributed by atoms with Gasteiger partial charge in [-0.25, -0.2) is 0 Å². The molecule has 1 fully saturated rings. The molecule has 0 radical (unpaired) electrons. The number of likely N-dealkylation sites (N-methyl/N-ethyl adjacent to an activating group) is 1. The van der Waals surface area contributed by atoms with E-state index in [1.807, 2.05) is 7.05 Å². The van der Waals surface area contributed by atoms with Crippen molar-refractivity contribution in [3.63, 3.8) is 0 Å².